The lowest BCUT2D eigenvalue weighted by Gasteiger charge is -2.32. The average Bonchev–Trinajstić information content (AvgIpc) is 2.76. The summed E-state index contributed by atoms with van der Waals surface area (Å²) >= 11 is 0. The van der Waals surface area contributed by atoms with Crippen molar-refractivity contribution in [3.8, 4) is 0 Å². The van der Waals surface area contributed by atoms with Crippen LogP contribution in [0.1, 0.15) is 18.4 Å². The second-order valence-corrected chi connectivity index (χ2v) is 7.35. The Labute approximate surface area is 195 Å². The lowest BCUT2D eigenvalue weighted by Crippen LogP contribution is -2.49. The van der Waals surface area contributed by atoms with Gasteiger partial charge in [0.15, 0.2) is 5.96 Å². The fourth-order valence-electron chi connectivity index (χ4n) is 3.51. The van der Waals surface area contributed by atoms with Gasteiger partial charge >= 0.3 is 6.09 Å². The van der Waals surface area contributed by atoms with Crippen molar-refractivity contribution in [2.45, 2.75) is 25.4 Å². The third kappa shape index (κ3) is 5.87. The number of hydrogen-bond donors (Lipinski definition) is 2. The van der Waals surface area contributed by atoms with E-state index in [1.165, 1.54) is 12.7 Å². The van der Waals surface area contributed by atoms with Gasteiger partial charge in [-0.1, -0.05) is 18.2 Å². The number of ether oxygens (including phenoxy) is 1. The Balaban J connectivity index is 0.00000320. The predicted molar refractivity (Wildman–Crippen MR) is 132 cm³/mol. The van der Waals surface area contributed by atoms with Crippen molar-refractivity contribution in [2.24, 2.45) is 4.99 Å². The number of fused-ring (bicyclic) bond motifs is 1. The van der Waals surface area contributed by atoms with E-state index in [2.05, 4.69) is 27.8 Å². The monoisotopic (exact) mass is 526 g/mol. The predicted octanol–water partition coefficient (Wildman–Crippen LogP) is 2.81. The standard InChI is InChI=1S/C21H30N6O2.HI/c1-22-20(24-16-9-11-27(12-10-16)21(28)29-4)23-14-15-13-19(26(2)3)25-18-8-6-5-7-17(15)18;/h5-8,13,16H,9-12,14H2,1-4H3,(H2,22,23,24);1H. The summed E-state index contributed by atoms with van der Waals surface area (Å²) in [5, 5.41) is 8.03. The van der Waals surface area contributed by atoms with Crippen LogP contribution in [0.4, 0.5) is 10.6 Å². The normalized spacial score (nSPS) is 14.8. The Hall–Kier alpha value is -2.30. The van der Waals surface area contributed by atoms with Crippen LogP contribution < -0.4 is 15.5 Å². The number of anilines is 1. The molecule has 2 N–H and O–H groups in total. The fourth-order valence-corrected chi connectivity index (χ4v) is 3.51. The van der Waals surface area contributed by atoms with Crippen LogP contribution in [-0.4, -0.2) is 69.3 Å². The highest BCUT2D eigenvalue weighted by Crippen LogP contribution is 2.22. The highest BCUT2D eigenvalue weighted by molar-refractivity contribution is 14.0. The van der Waals surface area contributed by atoms with Crippen LogP contribution in [0, 0.1) is 0 Å². The molecule has 1 aliphatic heterocycles. The van der Waals surface area contributed by atoms with Gasteiger partial charge in [-0.3, -0.25) is 4.99 Å². The maximum Gasteiger partial charge on any atom is 0.409 e. The number of piperidine rings is 1. The fraction of sp³-hybridized carbons (Fsp3) is 0.476. The van der Waals surface area contributed by atoms with E-state index in [-0.39, 0.29) is 36.1 Å². The largest absolute Gasteiger partial charge is 0.453 e. The number of likely N-dealkylation sites (tertiary alicyclic amines) is 1. The van der Waals surface area contributed by atoms with Gasteiger partial charge in [-0.05, 0) is 30.5 Å². The van der Waals surface area contributed by atoms with Crippen molar-refractivity contribution < 1.29 is 9.53 Å². The smallest absolute Gasteiger partial charge is 0.409 e. The van der Waals surface area contributed by atoms with Crippen molar-refractivity contribution in [3.63, 3.8) is 0 Å². The number of nitrogens with one attached hydrogen (secondary N) is 2. The van der Waals surface area contributed by atoms with Gasteiger partial charge in [0, 0.05) is 52.2 Å². The summed E-state index contributed by atoms with van der Waals surface area (Å²) in [6, 6.07) is 10.6. The van der Waals surface area contributed by atoms with Crippen LogP contribution in [0.2, 0.25) is 0 Å². The van der Waals surface area contributed by atoms with Gasteiger partial charge < -0.3 is 25.2 Å². The van der Waals surface area contributed by atoms with E-state index in [0.717, 1.165) is 35.5 Å². The molecule has 0 spiro atoms. The second kappa shape index (κ2) is 11.2. The van der Waals surface area contributed by atoms with Gasteiger partial charge in [-0.25, -0.2) is 9.78 Å². The van der Waals surface area contributed by atoms with E-state index in [9.17, 15) is 4.79 Å². The molecule has 30 heavy (non-hydrogen) atoms. The van der Waals surface area contributed by atoms with E-state index < -0.39 is 0 Å². The van der Waals surface area contributed by atoms with Gasteiger partial charge in [0.1, 0.15) is 5.82 Å². The van der Waals surface area contributed by atoms with Gasteiger partial charge in [-0.15, -0.1) is 24.0 Å². The number of rotatable bonds is 4. The first-order chi connectivity index (χ1) is 14.0. The van der Waals surface area contributed by atoms with E-state index >= 15 is 0 Å². The molecule has 0 radical (unpaired) electrons. The molecule has 0 saturated carbocycles. The molecule has 1 amide bonds. The number of carbonyl (C=O) groups excluding carboxylic acids is 1. The number of para-hydroxylation sites is 1. The summed E-state index contributed by atoms with van der Waals surface area (Å²) in [4.78, 5) is 24.5. The summed E-state index contributed by atoms with van der Waals surface area (Å²) in [5.74, 6) is 1.69. The Morgan fingerprint density at radius 1 is 1.30 bits per heavy atom. The number of hydrogen-bond acceptors (Lipinski definition) is 5. The number of guanidine groups is 1. The van der Waals surface area contributed by atoms with E-state index in [0.29, 0.717) is 19.6 Å². The number of benzene rings is 1. The zero-order valence-corrected chi connectivity index (χ0v) is 20.3. The summed E-state index contributed by atoms with van der Waals surface area (Å²) in [7, 11) is 7.18. The van der Waals surface area contributed by atoms with Crippen molar-refractivity contribution in [3.05, 3.63) is 35.9 Å². The minimum atomic E-state index is -0.257. The van der Waals surface area contributed by atoms with E-state index in [1.54, 1.807) is 11.9 Å². The number of carbonyl (C=O) groups is 1. The van der Waals surface area contributed by atoms with Gasteiger partial charge in [0.25, 0.3) is 0 Å². The third-order valence-corrected chi connectivity index (χ3v) is 5.19. The van der Waals surface area contributed by atoms with Crippen molar-refractivity contribution >= 4 is 52.8 Å². The molecule has 9 heteroatoms. The van der Waals surface area contributed by atoms with Crippen LogP contribution in [0.15, 0.2) is 35.3 Å². The lowest BCUT2D eigenvalue weighted by molar-refractivity contribution is 0.111. The SMILES string of the molecule is CN=C(NCc1cc(N(C)C)nc2ccccc12)NC1CCN(C(=O)OC)CC1.I. The van der Waals surface area contributed by atoms with E-state index in [4.69, 9.17) is 9.72 Å². The first kappa shape index (κ1) is 24.0. The number of aliphatic imine (C=N–C) groups is 1. The highest BCUT2D eigenvalue weighted by Gasteiger charge is 2.23. The van der Waals surface area contributed by atoms with Crippen molar-refractivity contribution in [2.75, 3.05) is 46.2 Å². The molecule has 3 rings (SSSR count). The Bertz CT molecular complexity index is 881. The Kier molecular flexibility index (Phi) is 8.94. The number of amides is 1. The van der Waals surface area contributed by atoms with Crippen LogP contribution in [0.5, 0.6) is 0 Å². The molecule has 2 aromatic rings. The summed E-state index contributed by atoms with van der Waals surface area (Å²) in [6.45, 7) is 2.01. The Morgan fingerprint density at radius 3 is 2.63 bits per heavy atom. The number of aromatic nitrogens is 1. The molecule has 8 nitrogen and oxygen atoms in total. The highest BCUT2D eigenvalue weighted by atomic mass is 127. The van der Waals surface area contributed by atoms with Crippen LogP contribution >= 0.6 is 24.0 Å². The molecule has 1 aromatic heterocycles. The van der Waals surface area contributed by atoms with Crippen molar-refractivity contribution in [1.29, 1.82) is 0 Å². The quantitative estimate of drug-likeness (QED) is 0.363. The average molecular weight is 526 g/mol. The molecule has 1 aromatic carbocycles. The number of nitrogens with zero attached hydrogens (tertiary/aromatic N) is 4. The minimum Gasteiger partial charge on any atom is -0.453 e. The zero-order chi connectivity index (χ0) is 20.8. The number of methoxy groups -OCH3 is 1. The molecule has 1 fully saturated rings. The molecule has 0 aliphatic carbocycles. The number of pyridine rings is 1. The van der Waals surface area contributed by atoms with Crippen LogP contribution in [0.25, 0.3) is 10.9 Å². The summed E-state index contributed by atoms with van der Waals surface area (Å²) < 4.78 is 4.80. The van der Waals surface area contributed by atoms with Gasteiger partial charge in [-0.2, -0.15) is 0 Å². The Morgan fingerprint density at radius 2 is 2.00 bits per heavy atom. The minimum absolute atomic E-state index is 0. The molecular weight excluding hydrogens is 495 g/mol. The summed E-state index contributed by atoms with van der Waals surface area (Å²) in [5.41, 5.74) is 2.15. The molecule has 2 heterocycles. The molecule has 1 saturated heterocycles. The first-order valence-electron chi connectivity index (χ1n) is 9.88. The second-order valence-electron chi connectivity index (χ2n) is 7.35. The third-order valence-electron chi connectivity index (χ3n) is 5.19. The molecule has 0 unspecified atom stereocenters. The topological polar surface area (TPSA) is 82.1 Å². The maximum atomic E-state index is 11.6. The molecule has 0 atom stereocenters. The molecule has 0 bridgehead atoms. The first-order valence-corrected chi connectivity index (χ1v) is 9.88. The lowest BCUT2D eigenvalue weighted by atomic mass is 10.1. The van der Waals surface area contributed by atoms with Crippen LogP contribution in [-0.2, 0) is 11.3 Å². The molecular formula is C21H31IN6O2. The van der Waals surface area contributed by atoms with Crippen molar-refractivity contribution in [1.82, 2.24) is 20.5 Å². The van der Waals surface area contributed by atoms with Gasteiger partial charge in [0.05, 0.1) is 12.6 Å². The van der Waals surface area contributed by atoms with Crippen LogP contribution in [0.3, 0.4) is 0 Å². The zero-order valence-electron chi connectivity index (χ0n) is 18.0. The molecule has 1 aliphatic rings. The van der Waals surface area contributed by atoms with E-state index in [1.807, 2.05) is 37.2 Å². The summed E-state index contributed by atoms with van der Waals surface area (Å²) in [6.07, 6.45) is 1.46. The maximum absolute atomic E-state index is 11.6. The number of halogens is 1. The molecule has 164 valence electrons. The van der Waals surface area contributed by atoms with Gasteiger partial charge in [0.2, 0.25) is 0 Å².